The highest BCUT2D eigenvalue weighted by atomic mass is 127. The molecular weight excluding hydrogens is 417 g/mol. The number of rotatable bonds is 5. The number of ether oxygens (including phenoxy) is 2. The third kappa shape index (κ3) is 4.68. The van der Waals surface area contributed by atoms with Crippen LogP contribution in [-0.4, -0.2) is 39.8 Å². The number of guanidine groups is 1. The van der Waals surface area contributed by atoms with Crippen LogP contribution in [0.25, 0.3) is 0 Å². The number of hydrogen-bond acceptors (Lipinski definition) is 5. The number of nitrogens with one attached hydrogen (secondary N) is 2. The summed E-state index contributed by atoms with van der Waals surface area (Å²) in [5.74, 6) is 2.60. The molecule has 0 radical (unpaired) electrons. The highest BCUT2D eigenvalue weighted by Gasteiger charge is 2.35. The van der Waals surface area contributed by atoms with Gasteiger partial charge in [0.05, 0.1) is 20.8 Å². The average molecular weight is 445 g/mol. The molecule has 1 aliphatic carbocycles. The van der Waals surface area contributed by atoms with Crippen molar-refractivity contribution < 1.29 is 9.47 Å². The maximum atomic E-state index is 5.31. The first-order valence-electron chi connectivity index (χ1n) is 8.47. The molecule has 2 N–H and O–H groups in total. The van der Waals surface area contributed by atoms with Gasteiger partial charge in [-0.15, -0.1) is 24.0 Å². The van der Waals surface area contributed by atoms with Crippen LogP contribution in [0.15, 0.2) is 23.2 Å². The molecule has 2 aliphatic rings. The van der Waals surface area contributed by atoms with Crippen LogP contribution < -0.4 is 20.1 Å². The van der Waals surface area contributed by atoms with E-state index in [1.807, 2.05) is 18.2 Å². The lowest BCUT2D eigenvalue weighted by Gasteiger charge is -2.32. The van der Waals surface area contributed by atoms with Crippen molar-refractivity contribution in [2.45, 2.75) is 32.1 Å². The summed E-state index contributed by atoms with van der Waals surface area (Å²) in [4.78, 5) is 4.71. The number of methoxy groups -OCH3 is 2. The van der Waals surface area contributed by atoms with Crippen molar-refractivity contribution in [3.05, 3.63) is 23.8 Å². The molecule has 6 heteroatoms. The summed E-state index contributed by atoms with van der Waals surface area (Å²) < 4.78 is 10.6. The summed E-state index contributed by atoms with van der Waals surface area (Å²) in [7, 11) is 3.35. The monoisotopic (exact) mass is 445 g/mol. The molecule has 0 aromatic heterocycles. The summed E-state index contributed by atoms with van der Waals surface area (Å²) in [6.45, 7) is 2.87. The van der Waals surface area contributed by atoms with Gasteiger partial charge in [0.25, 0.3) is 0 Å². The molecule has 0 saturated heterocycles. The summed E-state index contributed by atoms with van der Waals surface area (Å²) in [6.07, 6.45) is 6.26. The molecule has 0 bridgehead atoms. The van der Waals surface area contributed by atoms with Gasteiger partial charge in [0.15, 0.2) is 5.96 Å². The first-order chi connectivity index (χ1) is 11.2. The van der Waals surface area contributed by atoms with Crippen LogP contribution in [0, 0.1) is 5.41 Å². The molecule has 1 aromatic carbocycles. The fourth-order valence-electron chi connectivity index (χ4n) is 3.54. The molecule has 1 saturated carbocycles. The second kappa shape index (κ2) is 8.78. The van der Waals surface area contributed by atoms with Crippen LogP contribution in [0.3, 0.4) is 0 Å². The van der Waals surface area contributed by atoms with Crippen LogP contribution in [-0.2, 0) is 6.42 Å². The lowest BCUT2D eigenvalue weighted by Crippen LogP contribution is -2.48. The fraction of sp³-hybridized carbons (Fsp3) is 0.611. The Balaban J connectivity index is 0.00000208. The Kier molecular flexibility index (Phi) is 7.01. The van der Waals surface area contributed by atoms with Crippen molar-refractivity contribution in [2.75, 3.05) is 33.9 Å². The molecule has 0 amide bonds. The van der Waals surface area contributed by atoms with Gasteiger partial charge in [-0.25, -0.2) is 0 Å². The third-order valence-corrected chi connectivity index (χ3v) is 4.98. The maximum absolute atomic E-state index is 5.31. The lowest BCUT2D eigenvalue weighted by atomic mass is 9.85. The number of halogens is 1. The minimum atomic E-state index is 0. The van der Waals surface area contributed by atoms with Gasteiger partial charge in [-0.3, -0.25) is 4.99 Å². The van der Waals surface area contributed by atoms with E-state index in [4.69, 9.17) is 14.5 Å². The van der Waals surface area contributed by atoms with Gasteiger partial charge in [-0.2, -0.15) is 0 Å². The highest BCUT2D eigenvalue weighted by molar-refractivity contribution is 14.0. The van der Waals surface area contributed by atoms with Crippen LogP contribution in [0.5, 0.6) is 11.5 Å². The molecular formula is C18H28IN3O2. The molecule has 24 heavy (non-hydrogen) atoms. The van der Waals surface area contributed by atoms with E-state index in [0.717, 1.165) is 43.5 Å². The van der Waals surface area contributed by atoms with Crippen molar-refractivity contribution in [2.24, 2.45) is 10.4 Å². The topological polar surface area (TPSA) is 54.9 Å². The largest absolute Gasteiger partial charge is 0.497 e. The number of nitrogens with zero attached hydrogens (tertiary/aromatic N) is 1. The Morgan fingerprint density at radius 3 is 2.33 bits per heavy atom. The number of hydrogen-bond donors (Lipinski definition) is 2. The SMILES string of the molecule is COc1cc(CCNC2=NCC3(CCCC3)CN2)cc(OC)c1.I. The Bertz CT molecular complexity index is 549. The van der Waals surface area contributed by atoms with Gasteiger partial charge >= 0.3 is 0 Å². The van der Waals surface area contributed by atoms with Crippen molar-refractivity contribution in [3.63, 3.8) is 0 Å². The van der Waals surface area contributed by atoms with E-state index in [9.17, 15) is 0 Å². The zero-order valence-electron chi connectivity index (χ0n) is 14.6. The van der Waals surface area contributed by atoms with Crippen LogP contribution >= 0.6 is 24.0 Å². The molecule has 3 rings (SSSR count). The van der Waals surface area contributed by atoms with Crippen molar-refractivity contribution >= 4 is 29.9 Å². The van der Waals surface area contributed by atoms with Crippen LogP contribution in [0.4, 0.5) is 0 Å². The van der Waals surface area contributed by atoms with Crippen molar-refractivity contribution in [3.8, 4) is 11.5 Å². The Morgan fingerprint density at radius 1 is 1.12 bits per heavy atom. The molecule has 0 atom stereocenters. The zero-order chi connectivity index (χ0) is 16.1. The van der Waals surface area contributed by atoms with Gasteiger partial charge in [0, 0.05) is 24.6 Å². The van der Waals surface area contributed by atoms with E-state index >= 15 is 0 Å². The first-order valence-corrected chi connectivity index (χ1v) is 8.47. The normalized spacial score (nSPS) is 18.3. The summed E-state index contributed by atoms with van der Waals surface area (Å²) in [5.41, 5.74) is 1.63. The van der Waals surface area contributed by atoms with Gasteiger partial charge in [0.1, 0.15) is 11.5 Å². The highest BCUT2D eigenvalue weighted by Crippen LogP contribution is 2.38. The lowest BCUT2D eigenvalue weighted by molar-refractivity contribution is 0.295. The maximum Gasteiger partial charge on any atom is 0.191 e. The molecule has 1 spiro atoms. The van der Waals surface area contributed by atoms with Gasteiger partial charge < -0.3 is 20.1 Å². The molecule has 1 aromatic rings. The standard InChI is InChI=1S/C18H27N3O2.HI/c1-22-15-9-14(10-16(11-15)23-2)5-8-19-17-20-12-18(13-21-17)6-3-4-7-18;/h9-11H,3-8,12-13H2,1-2H3,(H2,19,20,21);1H. The summed E-state index contributed by atoms with van der Waals surface area (Å²) >= 11 is 0. The predicted octanol–water partition coefficient (Wildman–Crippen LogP) is 2.97. The summed E-state index contributed by atoms with van der Waals surface area (Å²) in [5, 5.41) is 6.88. The van der Waals surface area contributed by atoms with E-state index < -0.39 is 0 Å². The molecule has 0 unspecified atom stereocenters. The quantitative estimate of drug-likeness (QED) is 0.685. The molecule has 1 heterocycles. The van der Waals surface area contributed by atoms with Crippen LogP contribution in [0.1, 0.15) is 31.2 Å². The second-order valence-corrected chi connectivity index (χ2v) is 6.62. The minimum Gasteiger partial charge on any atom is -0.497 e. The minimum absolute atomic E-state index is 0. The molecule has 1 fully saturated rings. The molecule has 1 aliphatic heterocycles. The van der Waals surface area contributed by atoms with E-state index in [-0.39, 0.29) is 24.0 Å². The van der Waals surface area contributed by atoms with Crippen LogP contribution in [0.2, 0.25) is 0 Å². The Labute approximate surface area is 161 Å². The van der Waals surface area contributed by atoms with Gasteiger partial charge in [-0.05, 0) is 37.0 Å². The molecule has 134 valence electrons. The van der Waals surface area contributed by atoms with E-state index in [1.165, 1.54) is 31.2 Å². The second-order valence-electron chi connectivity index (χ2n) is 6.62. The average Bonchev–Trinajstić information content (AvgIpc) is 3.04. The van der Waals surface area contributed by atoms with E-state index in [0.29, 0.717) is 5.41 Å². The third-order valence-electron chi connectivity index (χ3n) is 4.98. The van der Waals surface area contributed by atoms with Crippen molar-refractivity contribution in [1.82, 2.24) is 10.6 Å². The van der Waals surface area contributed by atoms with Crippen molar-refractivity contribution in [1.29, 1.82) is 0 Å². The predicted molar refractivity (Wildman–Crippen MR) is 108 cm³/mol. The molecule has 5 nitrogen and oxygen atoms in total. The van der Waals surface area contributed by atoms with Gasteiger partial charge in [-0.1, -0.05) is 12.8 Å². The Hall–Kier alpha value is -1.18. The number of benzene rings is 1. The fourth-order valence-corrected chi connectivity index (χ4v) is 3.54. The van der Waals surface area contributed by atoms with E-state index in [2.05, 4.69) is 10.6 Å². The first kappa shape index (κ1) is 19.1. The smallest absolute Gasteiger partial charge is 0.191 e. The summed E-state index contributed by atoms with van der Waals surface area (Å²) in [6, 6.07) is 5.99. The van der Waals surface area contributed by atoms with E-state index in [1.54, 1.807) is 14.2 Å². The van der Waals surface area contributed by atoms with Gasteiger partial charge in [0.2, 0.25) is 0 Å². The number of aliphatic imine (C=N–C) groups is 1. The Morgan fingerprint density at radius 2 is 1.79 bits per heavy atom. The zero-order valence-corrected chi connectivity index (χ0v) is 16.9.